The number of piperazine rings is 1. The third kappa shape index (κ3) is 5.04. The van der Waals surface area contributed by atoms with E-state index in [-0.39, 0.29) is 12.6 Å². The molecular weight excluding hydrogens is 256 g/mol. The third-order valence-electron chi connectivity index (χ3n) is 4.33. The van der Waals surface area contributed by atoms with Crippen LogP contribution in [0.15, 0.2) is 0 Å². The van der Waals surface area contributed by atoms with Crippen LogP contribution >= 0.6 is 0 Å². The van der Waals surface area contributed by atoms with E-state index in [1.807, 2.05) is 6.92 Å². The van der Waals surface area contributed by atoms with Crippen molar-refractivity contribution in [3.8, 4) is 0 Å². The Morgan fingerprint density at radius 2 is 1.85 bits per heavy atom. The van der Waals surface area contributed by atoms with Crippen LogP contribution in [0.25, 0.3) is 0 Å². The molecule has 0 unspecified atom stereocenters. The molecule has 1 heterocycles. The van der Waals surface area contributed by atoms with Crippen molar-refractivity contribution in [2.45, 2.75) is 38.6 Å². The van der Waals surface area contributed by atoms with E-state index in [1.165, 1.54) is 38.8 Å². The second-order valence-electron chi connectivity index (χ2n) is 5.67. The maximum Gasteiger partial charge on any atom is 0.332 e. The van der Waals surface area contributed by atoms with Gasteiger partial charge in [-0.1, -0.05) is 12.8 Å². The van der Waals surface area contributed by atoms with Crippen LogP contribution in [0.5, 0.6) is 0 Å². The van der Waals surface area contributed by atoms with Gasteiger partial charge in [-0.25, -0.2) is 4.79 Å². The maximum atomic E-state index is 11.1. The van der Waals surface area contributed by atoms with Gasteiger partial charge in [0.15, 0.2) is 0 Å². The Morgan fingerprint density at radius 1 is 1.15 bits per heavy atom. The van der Waals surface area contributed by atoms with Gasteiger partial charge in [-0.3, -0.25) is 9.80 Å². The van der Waals surface area contributed by atoms with Gasteiger partial charge >= 0.3 is 5.97 Å². The van der Waals surface area contributed by atoms with Gasteiger partial charge < -0.3 is 9.47 Å². The molecule has 1 aliphatic heterocycles. The molecule has 2 rings (SSSR count). The van der Waals surface area contributed by atoms with Gasteiger partial charge in [0.25, 0.3) is 0 Å². The standard InChI is InChI=1S/C15H28N2O3/c1-2-20-15(18)13-19-12-11-16-7-9-17(10-8-16)14-5-3-4-6-14/h14H,2-13H2,1H3. The molecule has 0 radical (unpaired) electrons. The largest absolute Gasteiger partial charge is 0.464 e. The van der Waals surface area contributed by atoms with E-state index in [0.29, 0.717) is 13.2 Å². The highest BCUT2D eigenvalue weighted by Crippen LogP contribution is 2.24. The van der Waals surface area contributed by atoms with Crippen LogP contribution in [0, 0.1) is 0 Å². The van der Waals surface area contributed by atoms with E-state index in [9.17, 15) is 4.79 Å². The Balaban J connectivity index is 1.52. The highest BCUT2D eigenvalue weighted by atomic mass is 16.6. The molecule has 2 fully saturated rings. The van der Waals surface area contributed by atoms with Crippen molar-refractivity contribution in [1.29, 1.82) is 0 Å². The summed E-state index contributed by atoms with van der Waals surface area (Å²) in [6.45, 7) is 8.45. The van der Waals surface area contributed by atoms with Crippen LogP contribution in [0.2, 0.25) is 0 Å². The Labute approximate surface area is 122 Å². The molecule has 5 heteroatoms. The van der Waals surface area contributed by atoms with Crippen molar-refractivity contribution in [2.75, 3.05) is 52.5 Å². The average molecular weight is 284 g/mol. The molecule has 0 amide bonds. The predicted molar refractivity (Wildman–Crippen MR) is 77.7 cm³/mol. The normalized spacial score (nSPS) is 22.2. The molecule has 0 spiro atoms. The highest BCUT2D eigenvalue weighted by Gasteiger charge is 2.25. The fourth-order valence-electron chi connectivity index (χ4n) is 3.17. The molecular formula is C15H28N2O3. The van der Waals surface area contributed by atoms with Gasteiger partial charge in [-0.05, 0) is 19.8 Å². The lowest BCUT2D eigenvalue weighted by Crippen LogP contribution is -2.50. The van der Waals surface area contributed by atoms with Gasteiger partial charge in [0.1, 0.15) is 6.61 Å². The number of carbonyl (C=O) groups excluding carboxylic acids is 1. The predicted octanol–water partition coefficient (Wildman–Crippen LogP) is 1.13. The van der Waals surface area contributed by atoms with E-state index in [4.69, 9.17) is 9.47 Å². The fraction of sp³-hybridized carbons (Fsp3) is 0.933. The van der Waals surface area contributed by atoms with Crippen LogP contribution in [0.4, 0.5) is 0 Å². The van der Waals surface area contributed by atoms with E-state index in [0.717, 1.165) is 25.7 Å². The summed E-state index contributed by atoms with van der Waals surface area (Å²) in [6.07, 6.45) is 5.60. The van der Waals surface area contributed by atoms with Gasteiger partial charge in [0.2, 0.25) is 0 Å². The Kier molecular flexibility index (Phi) is 6.76. The van der Waals surface area contributed by atoms with Crippen molar-refractivity contribution >= 4 is 5.97 Å². The first-order valence-electron chi connectivity index (χ1n) is 7.99. The van der Waals surface area contributed by atoms with Crippen molar-refractivity contribution in [3.63, 3.8) is 0 Å². The first-order chi connectivity index (χ1) is 9.79. The number of hydrogen-bond donors (Lipinski definition) is 0. The molecule has 0 aromatic heterocycles. The van der Waals surface area contributed by atoms with Crippen LogP contribution in [-0.4, -0.2) is 74.4 Å². The minimum Gasteiger partial charge on any atom is -0.464 e. The molecule has 1 saturated carbocycles. The van der Waals surface area contributed by atoms with Gasteiger partial charge in [-0.15, -0.1) is 0 Å². The average Bonchev–Trinajstić information content (AvgIpc) is 2.99. The molecule has 0 aromatic rings. The van der Waals surface area contributed by atoms with Crippen molar-refractivity contribution in [2.24, 2.45) is 0 Å². The SMILES string of the molecule is CCOC(=O)COCCN1CCN(C2CCCC2)CC1. The number of ether oxygens (including phenoxy) is 2. The maximum absolute atomic E-state index is 11.1. The van der Waals surface area contributed by atoms with Crippen LogP contribution in [0.3, 0.4) is 0 Å². The van der Waals surface area contributed by atoms with E-state index in [1.54, 1.807) is 0 Å². The summed E-state index contributed by atoms with van der Waals surface area (Å²) in [4.78, 5) is 16.2. The number of nitrogens with zero attached hydrogens (tertiary/aromatic N) is 2. The highest BCUT2D eigenvalue weighted by molar-refractivity contribution is 5.70. The molecule has 0 bridgehead atoms. The minimum atomic E-state index is -0.265. The first-order valence-corrected chi connectivity index (χ1v) is 7.99. The monoisotopic (exact) mass is 284 g/mol. The zero-order chi connectivity index (χ0) is 14.2. The second kappa shape index (κ2) is 8.60. The summed E-state index contributed by atoms with van der Waals surface area (Å²) < 4.78 is 10.2. The van der Waals surface area contributed by atoms with Gasteiger partial charge in [0.05, 0.1) is 13.2 Å². The molecule has 1 saturated heterocycles. The number of esters is 1. The van der Waals surface area contributed by atoms with Gasteiger partial charge in [-0.2, -0.15) is 0 Å². The zero-order valence-corrected chi connectivity index (χ0v) is 12.7. The lowest BCUT2D eigenvalue weighted by atomic mass is 10.2. The van der Waals surface area contributed by atoms with E-state index < -0.39 is 0 Å². The van der Waals surface area contributed by atoms with Gasteiger partial charge in [0, 0.05) is 38.8 Å². The first kappa shape index (κ1) is 15.7. The molecule has 0 aromatic carbocycles. The molecule has 5 nitrogen and oxygen atoms in total. The fourth-order valence-corrected chi connectivity index (χ4v) is 3.17. The molecule has 1 aliphatic carbocycles. The third-order valence-corrected chi connectivity index (χ3v) is 4.33. The summed E-state index contributed by atoms with van der Waals surface area (Å²) in [5.41, 5.74) is 0. The van der Waals surface area contributed by atoms with Crippen molar-refractivity contribution in [3.05, 3.63) is 0 Å². The summed E-state index contributed by atoms with van der Waals surface area (Å²) in [5.74, 6) is -0.265. The van der Waals surface area contributed by atoms with Crippen LogP contribution in [-0.2, 0) is 14.3 Å². The number of carbonyl (C=O) groups is 1. The summed E-state index contributed by atoms with van der Waals surface area (Å²) in [6, 6.07) is 0.845. The van der Waals surface area contributed by atoms with E-state index >= 15 is 0 Å². The number of hydrogen-bond acceptors (Lipinski definition) is 5. The summed E-state index contributed by atoms with van der Waals surface area (Å²) in [7, 11) is 0. The second-order valence-corrected chi connectivity index (χ2v) is 5.67. The lowest BCUT2D eigenvalue weighted by Gasteiger charge is -2.38. The smallest absolute Gasteiger partial charge is 0.332 e. The lowest BCUT2D eigenvalue weighted by molar-refractivity contribution is -0.148. The Morgan fingerprint density at radius 3 is 2.50 bits per heavy atom. The number of rotatable bonds is 7. The minimum absolute atomic E-state index is 0.0792. The topological polar surface area (TPSA) is 42.0 Å². The molecule has 2 aliphatic rings. The quantitative estimate of drug-likeness (QED) is 0.518. The molecule has 116 valence electrons. The summed E-state index contributed by atoms with van der Waals surface area (Å²) in [5, 5.41) is 0. The summed E-state index contributed by atoms with van der Waals surface area (Å²) >= 11 is 0. The molecule has 20 heavy (non-hydrogen) atoms. The zero-order valence-electron chi connectivity index (χ0n) is 12.7. The molecule has 0 N–H and O–H groups in total. The van der Waals surface area contributed by atoms with Crippen molar-refractivity contribution in [1.82, 2.24) is 9.80 Å². The van der Waals surface area contributed by atoms with Crippen LogP contribution < -0.4 is 0 Å². The van der Waals surface area contributed by atoms with E-state index in [2.05, 4.69) is 9.80 Å². The van der Waals surface area contributed by atoms with Crippen LogP contribution in [0.1, 0.15) is 32.6 Å². The van der Waals surface area contributed by atoms with Crippen molar-refractivity contribution < 1.29 is 14.3 Å². The Bertz CT molecular complexity index is 285. The Hall–Kier alpha value is -0.650. The molecule has 0 atom stereocenters.